The van der Waals surface area contributed by atoms with Gasteiger partial charge in [-0.15, -0.1) is 0 Å². The molecule has 5 aromatic carbocycles. The molecule has 0 saturated heterocycles. The van der Waals surface area contributed by atoms with Gasteiger partial charge >= 0.3 is 0 Å². The van der Waals surface area contributed by atoms with Crippen LogP contribution in [0.2, 0.25) is 0 Å². The lowest BCUT2D eigenvalue weighted by Gasteiger charge is -2.11. The van der Waals surface area contributed by atoms with Gasteiger partial charge in [0.25, 0.3) is 0 Å². The Bertz CT molecular complexity index is 1810. The first-order valence-electron chi connectivity index (χ1n) is 12.3. The average Bonchev–Trinajstić information content (AvgIpc) is 3.36. The van der Waals surface area contributed by atoms with E-state index in [9.17, 15) is 0 Å². The number of benzene rings is 5. The van der Waals surface area contributed by atoms with E-state index >= 15 is 0 Å². The van der Waals surface area contributed by atoms with Crippen molar-refractivity contribution in [1.82, 2.24) is 9.97 Å². The summed E-state index contributed by atoms with van der Waals surface area (Å²) in [4.78, 5) is 9.60. The Labute approximate surface area is 214 Å². The van der Waals surface area contributed by atoms with Gasteiger partial charge in [-0.2, -0.15) is 0 Å². The van der Waals surface area contributed by atoms with Gasteiger partial charge in [0.05, 0.1) is 5.69 Å². The molecule has 0 aliphatic rings. The van der Waals surface area contributed by atoms with Gasteiger partial charge in [-0.1, -0.05) is 84.9 Å². The zero-order chi connectivity index (χ0) is 24.6. The van der Waals surface area contributed by atoms with Crippen molar-refractivity contribution in [2.24, 2.45) is 0 Å². The summed E-state index contributed by atoms with van der Waals surface area (Å²) in [5, 5.41) is 2.21. The molecular formula is C34H22N2O. The van der Waals surface area contributed by atoms with E-state index in [1.807, 2.05) is 48.7 Å². The zero-order valence-corrected chi connectivity index (χ0v) is 20.0. The Balaban J connectivity index is 1.35. The fourth-order valence-electron chi connectivity index (χ4n) is 4.89. The molecule has 2 heterocycles. The van der Waals surface area contributed by atoms with Crippen LogP contribution in [-0.4, -0.2) is 9.97 Å². The Hall–Kier alpha value is -5.02. The van der Waals surface area contributed by atoms with Crippen LogP contribution in [0, 0.1) is 0 Å². The van der Waals surface area contributed by atoms with Gasteiger partial charge in [0, 0.05) is 28.1 Å². The zero-order valence-electron chi connectivity index (χ0n) is 20.0. The summed E-state index contributed by atoms with van der Waals surface area (Å²) in [7, 11) is 0. The molecule has 0 fully saturated rings. The van der Waals surface area contributed by atoms with E-state index in [-0.39, 0.29) is 0 Å². The molecular weight excluding hydrogens is 452 g/mol. The molecule has 0 radical (unpaired) electrons. The van der Waals surface area contributed by atoms with Gasteiger partial charge in [-0.3, -0.25) is 0 Å². The van der Waals surface area contributed by atoms with Crippen LogP contribution in [0.1, 0.15) is 0 Å². The minimum absolute atomic E-state index is 0.672. The van der Waals surface area contributed by atoms with Crippen molar-refractivity contribution in [2.75, 3.05) is 0 Å². The van der Waals surface area contributed by atoms with Crippen LogP contribution in [0.15, 0.2) is 138 Å². The highest BCUT2D eigenvalue weighted by atomic mass is 16.3. The standard InChI is InChI=1S/C34H22N2O/c1-3-9-23(10-4-1)26-19-27(24-11-5-2-6-12-24)21-28(20-26)31-17-18-35-34(36-31)25-15-16-30-29-13-7-8-14-32(29)37-33(30)22-25/h1-22H. The third kappa shape index (κ3) is 3.97. The van der Waals surface area contributed by atoms with Crippen LogP contribution in [0.4, 0.5) is 0 Å². The summed E-state index contributed by atoms with van der Waals surface area (Å²) < 4.78 is 6.10. The van der Waals surface area contributed by atoms with Gasteiger partial charge in [0.15, 0.2) is 5.82 Å². The van der Waals surface area contributed by atoms with E-state index in [0.29, 0.717) is 5.82 Å². The molecule has 37 heavy (non-hydrogen) atoms. The maximum absolute atomic E-state index is 6.10. The molecule has 0 aliphatic heterocycles. The van der Waals surface area contributed by atoms with Crippen molar-refractivity contribution in [3.63, 3.8) is 0 Å². The summed E-state index contributed by atoms with van der Waals surface area (Å²) >= 11 is 0. The molecule has 0 N–H and O–H groups in total. The van der Waals surface area contributed by atoms with E-state index in [1.54, 1.807) is 0 Å². The summed E-state index contributed by atoms with van der Waals surface area (Å²) in [5.41, 5.74) is 9.23. The maximum atomic E-state index is 6.10. The summed E-state index contributed by atoms with van der Waals surface area (Å²) in [6.07, 6.45) is 1.83. The van der Waals surface area contributed by atoms with E-state index in [0.717, 1.165) is 49.9 Å². The molecule has 0 aliphatic carbocycles. The topological polar surface area (TPSA) is 38.9 Å². The highest BCUT2D eigenvalue weighted by Gasteiger charge is 2.12. The number of hydrogen-bond donors (Lipinski definition) is 0. The van der Waals surface area contributed by atoms with Crippen LogP contribution in [0.5, 0.6) is 0 Å². The van der Waals surface area contributed by atoms with Crippen molar-refractivity contribution in [3.8, 4) is 44.9 Å². The highest BCUT2D eigenvalue weighted by Crippen LogP contribution is 2.34. The number of furan rings is 1. The lowest BCUT2D eigenvalue weighted by atomic mass is 9.95. The Morgan fingerprint density at radius 1 is 0.432 bits per heavy atom. The van der Waals surface area contributed by atoms with E-state index in [2.05, 4.69) is 89.9 Å². The smallest absolute Gasteiger partial charge is 0.159 e. The second kappa shape index (κ2) is 8.89. The molecule has 3 nitrogen and oxygen atoms in total. The Kier molecular flexibility index (Phi) is 5.11. The third-order valence-corrected chi connectivity index (χ3v) is 6.74. The van der Waals surface area contributed by atoms with Gasteiger partial charge in [0.1, 0.15) is 11.2 Å². The lowest BCUT2D eigenvalue weighted by molar-refractivity contribution is 0.669. The summed E-state index contributed by atoms with van der Waals surface area (Å²) in [6, 6.07) is 43.9. The third-order valence-electron chi connectivity index (χ3n) is 6.74. The molecule has 0 saturated carbocycles. The minimum atomic E-state index is 0.672. The van der Waals surface area contributed by atoms with Crippen LogP contribution in [0.25, 0.3) is 66.8 Å². The molecule has 0 bridgehead atoms. The van der Waals surface area contributed by atoms with Gasteiger partial charge in [-0.25, -0.2) is 9.97 Å². The summed E-state index contributed by atoms with van der Waals surface area (Å²) in [6.45, 7) is 0. The van der Waals surface area contributed by atoms with Crippen molar-refractivity contribution < 1.29 is 4.42 Å². The number of para-hydroxylation sites is 1. The van der Waals surface area contributed by atoms with Crippen LogP contribution >= 0.6 is 0 Å². The Morgan fingerprint density at radius 2 is 1.05 bits per heavy atom. The van der Waals surface area contributed by atoms with E-state index in [4.69, 9.17) is 9.40 Å². The highest BCUT2D eigenvalue weighted by molar-refractivity contribution is 6.05. The molecule has 0 spiro atoms. The lowest BCUT2D eigenvalue weighted by Crippen LogP contribution is -1.93. The number of aromatic nitrogens is 2. The van der Waals surface area contributed by atoms with E-state index < -0.39 is 0 Å². The molecule has 0 amide bonds. The predicted octanol–water partition coefficient (Wildman–Crippen LogP) is 9.04. The fraction of sp³-hybridized carbons (Fsp3) is 0. The van der Waals surface area contributed by atoms with Crippen molar-refractivity contribution in [3.05, 3.63) is 134 Å². The SMILES string of the molecule is c1ccc(-c2cc(-c3ccccc3)cc(-c3ccnc(-c4ccc5c(c4)oc4ccccc45)n3)c2)cc1. The molecule has 3 heteroatoms. The number of nitrogens with zero attached hydrogens (tertiary/aromatic N) is 2. The van der Waals surface area contributed by atoms with Crippen molar-refractivity contribution in [2.45, 2.75) is 0 Å². The predicted molar refractivity (Wildman–Crippen MR) is 151 cm³/mol. The molecule has 7 aromatic rings. The number of fused-ring (bicyclic) bond motifs is 3. The van der Waals surface area contributed by atoms with Crippen LogP contribution in [0.3, 0.4) is 0 Å². The van der Waals surface area contributed by atoms with Crippen molar-refractivity contribution in [1.29, 1.82) is 0 Å². The fourth-order valence-corrected chi connectivity index (χ4v) is 4.89. The molecule has 0 unspecified atom stereocenters. The maximum Gasteiger partial charge on any atom is 0.159 e. The van der Waals surface area contributed by atoms with Gasteiger partial charge in [0.2, 0.25) is 0 Å². The minimum Gasteiger partial charge on any atom is -0.456 e. The second-order valence-electron chi connectivity index (χ2n) is 9.11. The first kappa shape index (κ1) is 21.3. The number of rotatable bonds is 4. The second-order valence-corrected chi connectivity index (χ2v) is 9.11. The van der Waals surface area contributed by atoms with Gasteiger partial charge in [-0.05, 0) is 64.7 Å². The average molecular weight is 475 g/mol. The first-order valence-corrected chi connectivity index (χ1v) is 12.3. The molecule has 7 rings (SSSR count). The largest absolute Gasteiger partial charge is 0.456 e. The van der Waals surface area contributed by atoms with Crippen LogP contribution in [-0.2, 0) is 0 Å². The van der Waals surface area contributed by atoms with Crippen LogP contribution < -0.4 is 0 Å². The first-order chi connectivity index (χ1) is 18.3. The summed E-state index contributed by atoms with van der Waals surface area (Å²) in [5.74, 6) is 0.672. The van der Waals surface area contributed by atoms with Crippen molar-refractivity contribution >= 4 is 21.9 Å². The monoisotopic (exact) mass is 474 g/mol. The molecule has 174 valence electrons. The molecule has 0 atom stereocenters. The normalized spacial score (nSPS) is 11.2. The molecule has 2 aromatic heterocycles. The van der Waals surface area contributed by atoms with Gasteiger partial charge < -0.3 is 4.42 Å². The Morgan fingerprint density at radius 3 is 1.78 bits per heavy atom. The van der Waals surface area contributed by atoms with E-state index in [1.165, 1.54) is 11.1 Å². The quantitative estimate of drug-likeness (QED) is 0.255. The number of hydrogen-bond acceptors (Lipinski definition) is 3.